The van der Waals surface area contributed by atoms with Crippen LogP contribution in [0.15, 0.2) is 273 Å². The second-order valence-electron chi connectivity index (χ2n) is 34.9. The van der Waals surface area contributed by atoms with Crippen LogP contribution < -0.4 is 26.2 Å². The summed E-state index contributed by atoms with van der Waals surface area (Å²) in [4.78, 5) is 5.38. The van der Waals surface area contributed by atoms with Crippen molar-refractivity contribution in [3.8, 4) is 61.3 Å². The third-order valence-electron chi connectivity index (χ3n) is 23.4. The summed E-state index contributed by atoms with van der Waals surface area (Å²) in [5.74, 6) is 0. The molecule has 14 aromatic rings. The highest BCUT2D eigenvalue weighted by Gasteiger charge is 2.52. The first kappa shape index (κ1) is 64.4. The molecule has 0 atom stereocenters. The summed E-state index contributed by atoms with van der Waals surface area (Å²) in [6, 6.07) is 107. The van der Waals surface area contributed by atoms with Gasteiger partial charge in [-0.1, -0.05) is 304 Å². The van der Waals surface area contributed by atoms with Gasteiger partial charge in [0.25, 0.3) is 6.71 Å². The summed E-state index contributed by atoms with van der Waals surface area (Å²) < 4.78 is 2.61. The van der Waals surface area contributed by atoms with Crippen LogP contribution in [0.4, 0.5) is 34.1 Å². The lowest BCUT2D eigenvalue weighted by Gasteiger charge is -2.46. The highest BCUT2D eigenvalue weighted by molar-refractivity contribution is 7.00. The van der Waals surface area contributed by atoms with Crippen LogP contribution in [0.5, 0.6) is 0 Å². The Balaban J connectivity index is 0.958. The van der Waals surface area contributed by atoms with Gasteiger partial charge in [0.2, 0.25) is 0 Å². The minimum atomic E-state index is -0.513. The van der Waals surface area contributed by atoms with E-state index in [-0.39, 0.29) is 33.8 Å². The van der Waals surface area contributed by atoms with Crippen molar-refractivity contribution in [1.29, 1.82) is 0 Å². The first-order chi connectivity index (χ1) is 49.2. The van der Waals surface area contributed by atoms with E-state index in [1.54, 1.807) is 0 Å². The number of aromatic nitrogens is 1. The largest absolute Gasteiger partial charge is 0.311 e. The Bertz CT molecular complexity index is 5780. The number of rotatable bonds is 6. The molecule has 4 aliphatic rings. The van der Waals surface area contributed by atoms with Crippen LogP contribution in [0.3, 0.4) is 0 Å². The molecule has 13 aromatic carbocycles. The van der Waals surface area contributed by atoms with Gasteiger partial charge in [-0.3, -0.25) is 0 Å². The smallest absolute Gasteiger partial charge is 0.252 e. The molecule has 0 unspecified atom stereocenters. The molecule has 1 spiro atoms. The van der Waals surface area contributed by atoms with Crippen molar-refractivity contribution in [3.05, 3.63) is 323 Å². The van der Waals surface area contributed by atoms with E-state index in [0.29, 0.717) is 0 Å². The molecule has 0 bridgehead atoms. The summed E-state index contributed by atoms with van der Waals surface area (Å²) in [7, 11) is 0. The number of hydrogen-bond donors (Lipinski definition) is 0. The Kier molecular flexibility index (Phi) is 14.2. The van der Waals surface area contributed by atoms with Gasteiger partial charge in [0.05, 0.1) is 27.8 Å². The van der Waals surface area contributed by atoms with E-state index in [4.69, 9.17) is 0 Å². The SMILES string of the molecule is CC(C)(C)c1ccc(-c2cc(C(C)(C)C)ccc2N2c3ccc(-c4ccccc4)cc3B3c4ccc(-n5c6ccccc6c6cc7c(cc65)C5(c6ccccc6-c6ccccc65)c5ccccc5-7)cc4N(c4ccc(C(C)(C)C)cc4-c4ccc(C(C)(C)C)cc4)c4cc(C(C)(C)C)cc2c43)cc1. The first-order valence-corrected chi connectivity index (χ1v) is 37.3. The topological polar surface area (TPSA) is 11.4 Å². The highest BCUT2D eigenvalue weighted by atomic mass is 15.2. The monoisotopic (exact) mass is 1330 g/mol. The van der Waals surface area contributed by atoms with Crippen molar-refractivity contribution in [2.75, 3.05) is 9.80 Å². The second-order valence-corrected chi connectivity index (χ2v) is 34.9. The minimum Gasteiger partial charge on any atom is -0.311 e. The average Bonchev–Trinajstić information content (AvgIpc) is 1.59. The molecule has 0 fully saturated rings. The van der Waals surface area contributed by atoms with Gasteiger partial charge >= 0.3 is 0 Å². The zero-order chi connectivity index (χ0) is 71.2. The molecule has 0 radical (unpaired) electrons. The fraction of sp³-hybridized carbons (Fsp3) is 0.212. The third kappa shape index (κ3) is 9.90. The first-order valence-electron chi connectivity index (χ1n) is 37.3. The molecule has 103 heavy (non-hydrogen) atoms. The van der Waals surface area contributed by atoms with Gasteiger partial charge in [0, 0.05) is 50.3 Å². The van der Waals surface area contributed by atoms with Crippen molar-refractivity contribution in [1.82, 2.24) is 4.57 Å². The van der Waals surface area contributed by atoms with E-state index in [9.17, 15) is 0 Å². The fourth-order valence-corrected chi connectivity index (χ4v) is 17.9. The van der Waals surface area contributed by atoms with Crippen molar-refractivity contribution < 1.29 is 0 Å². The molecule has 0 amide bonds. The van der Waals surface area contributed by atoms with E-state index >= 15 is 0 Å². The molecule has 3 nitrogen and oxygen atoms in total. The summed E-state index contributed by atoms with van der Waals surface area (Å²) >= 11 is 0. The molecule has 3 heterocycles. The zero-order valence-corrected chi connectivity index (χ0v) is 62.4. The lowest BCUT2D eigenvalue weighted by molar-refractivity contribution is 0.589. The Labute approximate surface area is 610 Å². The Hall–Kier alpha value is -10.7. The normalized spacial score (nSPS) is 14.2. The Morgan fingerprint density at radius 2 is 0.699 bits per heavy atom. The standard InChI is InChI=1S/C99H90BN3/c1-94(2,3)65-42-37-62(38-43-65)75-54-67(96(7,8)9)46-51-86(75)102-88-50-41-64(61-27-17-16-18-28-61)53-84(88)100-83-49-48-70(58-90(83)103(92-57-69(98(13,14)15)56-91(102)93(92)100)87-52-47-68(97(10,11)12)55-76(87)63-39-44-66(45-40-63)95(4,5)6)101-85-36-26-22-32-74(85)78-59-77-73-31-21-25-35-81(73)99(82(77)60-89(78)101)79-33-23-19-29-71(79)72-30-20-24-34-80(72)99/h16-60H,1-15H3. The quantitative estimate of drug-likeness (QED) is 0.154. The summed E-state index contributed by atoms with van der Waals surface area (Å²) in [5.41, 5.74) is 37.6. The Morgan fingerprint density at radius 1 is 0.252 bits per heavy atom. The molecule has 0 saturated heterocycles. The fourth-order valence-electron chi connectivity index (χ4n) is 17.9. The number of hydrogen-bond acceptors (Lipinski definition) is 2. The molecule has 0 saturated carbocycles. The number of anilines is 6. The zero-order valence-electron chi connectivity index (χ0n) is 62.4. The van der Waals surface area contributed by atoms with Crippen LogP contribution in [0, 0.1) is 0 Å². The van der Waals surface area contributed by atoms with Gasteiger partial charge in [-0.25, -0.2) is 0 Å². The number of nitrogens with zero attached hydrogens (tertiary/aromatic N) is 3. The predicted molar refractivity (Wildman–Crippen MR) is 441 cm³/mol. The van der Waals surface area contributed by atoms with Gasteiger partial charge in [0.1, 0.15) is 0 Å². The van der Waals surface area contributed by atoms with Crippen molar-refractivity contribution in [2.45, 2.75) is 136 Å². The number of fused-ring (bicyclic) bond motifs is 17. The molecule has 2 aliphatic carbocycles. The van der Waals surface area contributed by atoms with Gasteiger partial charge in [0.15, 0.2) is 0 Å². The van der Waals surface area contributed by atoms with E-state index in [0.717, 1.165) is 22.7 Å². The highest BCUT2D eigenvalue weighted by Crippen LogP contribution is 2.64. The van der Waals surface area contributed by atoms with Gasteiger partial charge in [-0.05, 0) is 211 Å². The predicted octanol–water partition coefficient (Wildman–Crippen LogP) is 24.7. The maximum atomic E-state index is 2.71. The van der Waals surface area contributed by atoms with Crippen LogP contribution in [0.25, 0.3) is 83.1 Å². The van der Waals surface area contributed by atoms with Crippen LogP contribution >= 0.6 is 0 Å². The van der Waals surface area contributed by atoms with Crippen LogP contribution in [0.2, 0.25) is 0 Å². The molecule has 4 heteroatoms. The van der Waals surface area contributed by atoms with Crippen LogP contribution in [0.1, 0.15) is 154 Å². The Morgan fingerprint density at radius 3 is 1.22 bits per heavy atom. The van der Waals surface area contributed by atoms with Crippen LogP contribution in [-0.2, 0) is 32.5 Å². The number of benzene rings is 13. The van der Waals surface area contributed by atoms with E-state index in [1.165, 1.54) is 161 Å². The van der Waals surface area contributed by atoms with Crippen molar-refractivity contribution >= 4 is 79.0 Å². The van der Waals surface area contributed by atoms with Crippen molar-refractivity contribution in [3.63, 3.8) is 0 Å². The summed E-state index contributed by atoms with van der Waals surface area (Å²) in [5, 5.41) is 2.48. The minimum absolute atomic E-state index is 0.000327. The molecule has 2 aliphatic heterocycles. The molecular weight excluding hydrogens is 1240 g/mol. The molecule has 504 valence electrons. The molecule has 18 rings (SSSR count). The van der Waals surface area contributed by atoms with Crippen LogP contribution in [-0.4, -0.2) is 11.3 Å². The van der Waals surface area contributed by atoms with Gasteiger partial charge in [-0.15, -0.1) is 0 Å². The van der Waals surface area contributed by atoms with E-state index < -0.39 is 5.41 Å². The summed E-state index contributed by atoms with van der Waals surface area (Å²) in [6.45, 7) is 35.0. The second kappa shape index (κ2) is 22.7. The summed E-state index contributed by atoms with van der Waals surface area (Å²) in [6.07, 6.45) is 0. The molecule has 0 N–H and O–H groups in total. The van der Waals surface area contributed by atoms with Gasteiger partial charge < -0.3 is 14.4 Å². The number of para-hydroxylation sites is 1. The van der Waals surface area contributed by atoms with Crippen molar-refractivity contribution in [2.24, 2.45) is 0 Å². The van der Waals surface area contributed by atoms with Gasteiger partial charge in [-0.2, -0.15) is 0 Å². The van der Waals surface area contributed by atoms with E-state index in [1.807, 2.05) is 0 Å². The molecule has 1 aromatic heterocycles. The lowest BCUT2D eigenvalue weighted by Crippen LogP contribution is -2.61. The lowest BCUT2D eigenvalue weighted by atomic mass is 9.33. The third-order valence-corrected chi connectivity index (χ3v) is 23.4. The maximum absolute atomic E-state index is 2.71. The maximum Gasteiger partial charge on any atom is 0.252 e. The average molecular weight is 1330 g/mol. The molecular formula is C99H90BN3. The van der Waals surface area contributed by atoms with E-state index in [2.05, 4.69) is 391 Å².